The number of amides is 1. The van der Waals surface area contributed by atoms with Gasteiger partial charge < -0.3 is 9.64 Å². The van der Waals surface area contributed by atoms with Crippen LogP contribution in [0.1, 0.15) is 12.5 Å². The van der Waals surface area contributed by atoms with E-state index >= 15 is 0 Å². The molecule has 1 fully saturated rings. The quantitative estimate of drug-likeness (QED) is 0.650. The summed E-state index contributed by atoms with van der Waals surface area (Å²) in [5.41, 5.74) is 2.15. The molecule has 1 aliphatic rings. The van der Waals surface area contributed by atoms with Crippen molar-refractivity contribution in [3.63, 3.8) is 0 Å². The minimum absolute atomic E-state index is 0.138. The van der Waals surface area contributed by atoms with Crippen LogP contribution in [0.4, 0.5) is 5.69 Å². The molecule has 0 unspecified atom stereocenters. The molecule has 0 N–H and O–H groups in total. The number of rotatable bonds is 5. The Morgan fingerprint density at radius 1 is 0.821 bits per heavy atom. The van der Waals surface area contributed by atoms with E-state index in [4.69, 9.17) is 4.74 Å². The standard InChI is InChI=1S/C24H24N2O2/c1-19-24(27)26(17-16-25(19)18-20-8-4-2-5-9-20)21-12-14-23(15-13-21)28-22-10-6-3-7-11-22/h2-15,19H,16-18H2,1H3/t19-/m0/s1. The summed E-state index contributed by atoms with van der Waals surface area (Å²) in [5.74, 6) is 1.70. The third-order valence-electron chi connectivity index (χ3n) is 5.14. The molecule has 1 amide bonds. The summed E-state index contributed by atoms with van der Waals surface area (Å²) in [6.07, 6.45) is 0. The predicted octanol–water partition coefficient (Wildman–Crippen LogP) is 4.72. The molecule has 0 spiro atoms. The zero-order chi connectivity index (χ0) is 19.3. The van der Waals surface area contributed by atoms with Gasteiger partial charge in [-0.15, -0.1) is 0 Å². The third kappa shape index (κ3) is 4.07. The summed E-state index contributed by atoms with van der Waals surface area (Å²) in [5, 5.41) is 0. The monoisotopic (exact) mass is 372 g/mol. The summed E-state index contributed by atoms with van der Waals surface area (Å²) in [7, 11) is 0. The molecule has 0 aliphatic carbocycles. The van der Waals surface area contributed by atoms with Crippen molar-refractivity contribution in [1.29, 1.82) is 0 Å². The van der Waals surface area contributed by atoms with Crippen molar-refractivity contribution < 1.29 is 9.53 Å². The fourth-order valence-corrected chi connectivity index (χ4v) is 3.52. The molecule has 4 nitrogen and oxygen atoms in total. The predicted molar refractivity (Wildman–Crippen MR) is 112 cm³/mol. The number of hydrogen-bond acceptors (Lipinski definition) is 3. The van der Waals surface area contributed by atoms with Crippen LogP contribution in [0.2, 0.25) is 0 Å². The summed E-state index contributed by atoms with van der Waals surface area (Å²) < 4.78 is 5.84. The molecular formula is C24H24N2O2. The smallest absolute Gasteiger partial charge is 0.244 e. The Kier molecular flexibility index (Phi) is 5.40. The molecular weight excluding hydrogens is 348 g/mol. The maximum Gasteiger partial charge on any atom is 0.244 e. The molecule has 1 heterocycles. The van der Waals surface area contributed by atoms with Crippen LogP contribution in [-0.2, 0) is 11.3 Å². The van der Waals surface area contributed by atoms with Gasteiger partial charge in [-0.25, -0.2) is 0 Å². The van der Waals surface area contributed by atoms with Crippen molar-refractivity contribution in [3.05, 3.63) is 90.5 Å². The average molecular weight is 372 g/mol. The first-order valence-corrected chi connectivity index (χ1v) is 9.63. The van der Waals surface area contributed by atoms with Crippen LogP contribution in [-0.4, -0.2) is 29.9 Å². The van der Waals surface area contributed by atoms with Gasteiger partial charge in [-0.2, -0.15) is 0 Å². The van der Waals surface area contributed by atoms with Gasteiger partial charge in [0.2, 0.25) is 5.91 Å². The Balaban J connectivity index is 1.42. The van der Waals surface area contributed by atoms with Crippen LogP contribution in [0.3, 0.4) is 0 Å². The molecule has 0 bridgehead atoms. The van der Waals surface area contributed by atoms with E-state index in [1.807, 2.05) is 84.6 Å². The molecule has 142 valence electrons. The van der Waals surface area contributed by atoms with Crippen LogP contribution in [0, 0.1) is 0 Å². The highest BCUT2D eigenvalue weighted by Crippen LogP contribution is 2.26. The lowest BCUT2D eigenvalue weighted by Crippen LogP contribution is -2.55. The van der Waals surface area contributed by atoms with Gasteiger partial charge in [-0.1, -0.05) is 48.5 Å². The Morgan fingerprint density at radius 3 is 2.11 bits per heavy atom. The summed E-state index contributed by atoms with van der Waals surface area (Å²) >= 11 is 0. The Labute approximate surface area is 166 Å². The number of para-hydroxylation sites is 1. The second-order valence-electron chi connectivity index (χ2n) is 7.03. The lowest BCUT2D eigenvalue weighted by atomic mass is 10.1. The maximum atomic E-state index is 13.0. The van der Waals surface area contributed by atoms with E-state index in [1.165, 1.54) is 5.56 Å². The van der Waals surface area contributed by atoms with Crippen molar-refractivity contribution in [1.82, 2.24) is 4.90 Å². The van der Waals surface area contributed by atoms with Crippen LogP contribution >= 0.6 is 0 Å². The van der Waals surface area contributed by atoms with E-state index in [2.05, 4.69) is 17.0 Å². The SMILES string of the molecule is C[C@H]1C(=O)N(c2ccc(Oc3ccccc3)cc2)CCN1Cc1ccccc1. The minimum atomic E-state index is -0.144. The highest BCUT2D eigenvalue weighted by molar-refractivity contribution is 5.97. The molecule has 0 aromatic heterocycles. The number of ether oxygens (including phenoxy) is 1. The van der Waals surface area contributed by atoms with Crippen molar-refractivity contribution in [2.75, 3.05) is 18.0 Å². The van der Waals surface area contributed by atoms with Gasteiger partial charge in [0.25, 0.3) is 0 Å². The number of hydrogen-bond donors (Lipinski definition) is 0. The Hall–Kier alpha value is -3.11. The molecule has 28 heavy (non-hydrogen) atoms. The van der Waals surface area contributed by atoms with Gasteiger partial charge in [0.15, 0.2) is 0 Å². The number of nitrogens with zero attached hydrogens (tertiary/aromatic N) is 2. The fraction of sp³-hybridized carbons (Fsp3) is 0.208. The molecule has 1 saturated heterocycles. The first-order valence-electron chi connectivity index (χ1n) is 9.63. The minimum Gasteiger partial charge on any atom is -0.457 e. The number of anilines is 1. The highest BCUT2D eigenvalue weighted by atomic mass is 16.5. The molecule has 1 aliphatic heterocycles. The van der Waals surface area contributed by atoms with Crippen molar-refractivity contribution in [3.8, 4) is 11.5 Å². The second-order valence-corrected chi connectivity index (χ2v) is 7.03. The van der Waals surface area contributed by atoms with E-state index in [-0.39, 0.29) is 11.9 Å². The first-order chi connectivity index (χ1) is 13.7. The summed E-state index contributed by atoms with van der Waals surface area (Å²) in [6.45, 7) is 4.33. The van der Waals surface area contributed by atoms with Crippen molar-refractivity contribution in [2.45, 2.75) is 19.5 Å². The molecule has 0 radical (unpaired) electrons. The van der Waals surface area contributed by atoms with Crippen LogP contribution in [0.15, 0.2) is 84.9 Å². The zero-order valence-corrected chi connectivity index (χ0v) is 16.0. The molecule has 3 aromatic carbocycles. The van der Waals surface area contributed by atoms with E-state index in [1.54, 1.807) is 0 Å². The molecule has 0 saturated carbocycles. The lowest BCUT2D eigenvalue weighted by Gasteiger charge is -2.39. The summed E-state index contributed by atoms with van der Waals surface area (Å²) in [4.78, 5) is 17.1. The number of benzene rings is 3. The van der Waals surface area contributed by atoms with E-state index < -0.39 is 0 Å². The summed E-state index contributed by atoms with van der Waals surface area (Å²) in [6, 6.07) is 27.6. The van der Waals surface area contributed by atoms with Gasteiger partial charge in [0.1, 0.15) is 11.5 Å². The van der Waals surface area contributed by atoms with Gasteiger partial charge in [0.05, 0.1) is 6.04 Å². The highest BCUT2D eigenvalue weighted by Gasteiger charge is 2.32. The second kappa shape index (κ2) is 8.28. The van der Waals surface area contributed by atoms with Crippen LogP contribution < -0.4 is 9.64 Å². The topological polar surface area (TPSA) is 32.8 Å². The number of piperazine rings is 1. The molecule has 4 rings (SSSR count). The number of carbonyl (C=O) groups excluding carboxylic acids is 1. The van der Waals surface area contributed by atoms with Crippen LogP contribution in [0.5, 0.6) is 11.5 Å². The Bertz CT molecular complexity index is 910. The molecule has 1 atom stereocenters. The average Bonchev–Trinajstić information content (AvgIpc) is 2.74. The molecule has 3 aromatic rings. The van der Waals surface area contributed by atoms with E-state index in [0.717, 1.165) is 30.3 Å². The van der Waals surface area contributed by atoms with E-state index in [9.17, 15) is 4.79 Å². The van der Waals surface area contributed by atoms with E-state index in [0.29, 0.717) is 6.54 Å². The Morgan fingerprint density at radius 2 is 1.43 bits per heavy atom. The zero-order valence-electron chi connectivity index (χ0n) is 16.0. The lowest BCUT2D eigenvalue weighted by molar-refractivity contribution is -0.125. The van der Waals surface area contributed by atoms with Gasteiger partial charge in [-0.05, 0) is 48.9 Å². The largest absolute Gasteiger partial charge is 0.457 e. The first kappa shape index (κ1) is 18.3. The normalized spacial score (nSPS) is 17.5. The van der Waals surface area contributed by atoms with Crippen LogP contribution in [0.25, 0.3) is 0 Å². The van der Waals surface area contributed by atoms with Gasteiger partial charge in [-0.3, -0.25) is 9.69 Å². The van der Waals surface area contributed by atoms with Gasteiger partial charge in [0, 0.05) is 25.3 Å². The van der Waals surface area contributed by atoms with Gasteiger partial charge >= 0.3 is 0 Å². The van der Waals surface area contributed by atoms with Crippen molar-refractivity contribution >= 4 is 11.6 Å². The third-order valence-corrected chi connectivity index (χ3v) is 5.14. The fourth-order valence-electron chi connectivity index (χ4n) is 3.52. The van der Waals surface area contributed by atoms with Crippen molar-refractivity contribution in [2.24, 2.45) is 0 Å². The maximum absolute atomic E-state index is 13.0. The number of carbonyl (C=O) groups is 1. The molecule has 4 heteroatoms.